The molecule has 1 aromatic carbocycles. The van der Waals surface area contributed by atoms with Crippen molar-refractivity contribution < 1.29 is 4.74 Å². The Balaban J connectivity index is 2.11. The van der Waals surface area contributed by atoms with Crippen LogP contribution in [0.1, 0.15) is 39.5 Å². The average molecular weight is 278 g/mol. The van der Waals surface area contributed by atoms with Crippen molar-refractivity contribution in [3.8, 4) is 5.75 Å². The van der Waals surface area contributed by atoms with Gasteiger partial charge in [-0.2, -0.15) is 0 Å². The zero-order chi connectivity index (χ0) is 14.8. The van der Waals surface area contributed by atoms with E-state index in [2.05, 4.69) is 43.2 Å². The smallest absolute Gasteiger partial charge is 0.119 e. The first-order valence-corrected chi connectivity index (χ1v) is 7.72. The molecule has 1 rings (SSSR count). The SMILES string of the molecule is COc1ccc(N(C)CCCCCCNC(C)C)cc1. The van der Waals surface area contributed by atoms with Gasteiger partial charge >= 0.3 is 0 Å². The van der Waals surface area contributed by atoms with Crippen LogP contribution in [0, 0.1) is 0 Å². The molecular formula is C17H30N2O. The lowest BCUT2D eigenvalue weighted by atomic mass is 10.1. The van der Waals surface area contributed by atoms with Gasteiger partial charge in [0, 0.05) is 25.3 Å². The molecule has 0 fully saturated rings. The number of nitrogens with zero attached hydrogens (tertiary/aromatic N) is 1. The third kappa shape index (κ3) is 6.80. The van der Waals surface area contributed by atoms with Crippen molar-refractivity contribution in [1.29, 1.82) is 0 Å². The Labute approximate surface area is 124 Å². The number of nitrogens with one attached hydrogen (secondary N) is 1. The fraction of sp³-hybridized carbons (Fsp3) is 0.647. The van der Waals surface area contributed by atoms with Crippen molar-refractivity contribution in [3.05, 3.63) is 24.3 Å². The highest BCUT2D eigenvalue weighted by atomic mass is 16.5. The van der Waals surface area contributed by atoms with Crippen LogP contribution in [-0.2, 0) is 0 Å². The summed E-state index contributed by atoms with van der Waals surface area (Å²) < 4.78 is 5.18. The minimum Gasteiger partial charge on any atom is -0.497 e. The van der Waals surface area contributed by atoms with Gasteiger partial charge in [0.15, 0.2) is 0 Å². The fourth-order valence-corrected chi connectivity index (χ4v) is 2.18. The first kappa shape index (κ1) is 16.8. The number of ether oxygens (including phenoxy) is 1. The predicted molar refractivity (Wildman–Crippen MR) is 87.9 cm³/mol. The summed E-state index contributed by atoms with van der Waals surface area (Å²) in [5.41, 5.74) is 1.26. The number of anilines is 1. The van der Waals surface area contributed by atoms with Crippen LogP contribution >= 0.6 is 0 Å². The number of hydrogen-bond acceptors (Lipinski definition) is 3. The largest absolute Gasteiger partial charge is 0.497 e. The maximum absolute atomic E-state index is 5.18. The maximum Gasteiger partial charge on any atom is 0.119 e. The lowest BCUT2D eigenvalue weighted by molar-refractivity contribution is 0.415. The first-order chi connectivity index (χ1) is 9.63. The standard InChI is InChI=1S/C17H30N2O/c1-15(2)18-13-7-5-6-8-14-19(3)16-9-11-17(20-4)12-10-16/h9-12,15,18H,5-8,13-14H2,1-4H3. The Bertz CT molecular complexity index is 349. The summed E-state index contributed by atoms with van der Waals surface area (Å²) in [5, 5.41) is 3.46. The molecule has 0 radical (unpaired) electrons. The van der Waals surface area contributed by atoms with Crippen LogP contribution < -0.4 is 15.0 Å². The van der Waals surface area contributed by atoms with E-state index in [1.165, 1.54) is 31.4 Å². The molecule has 0 atom stereocenters. The van der Waals surface area contributed by atoms with Gasteiger partial charge in [-0.05, 0) is 43.7 Å². The molecular weight excluding hydrogens is 248 g/mol. The number of rotatable bonds is 10. The second-order valence-electron chi connectivity index (χ2n) is 5.64. The third-order valence-corrected chi connectivity index (χ3v) is 3.49. The highest BCUT2D eigenvalue weighted by Crippen LogP contribution is 2.18. The summed E-state index contributed by atoms with van der Waals surface area (Å²) in [4.78, 5) is 2.31. The second kappa shape index (κ2) is 9.65. The Morgan fingerprint density at radius 1 is 1.05 bits per heavy atom. The molecule has 20 heavy (non-hydrogen) atoms. The van der Waals surface area contributed by atoms with E-state index in [4.69, 9.17) is 4.74 Å². The van der Waals surface area contributed by atoms with Gasteiger partial charge in [0.25, 0.3) is 0 Å². The summed E-state index contributed by atoms with van der Waals surface area (Å²) in [6.07, 6.45) is 5.16. The normalized spacial score (nSPS) is 10.8. The van der Waals surface area contributed by atoms with E-state index in [1.54, 1.807) is 7.11 Å². The molecule has 3 heteroatoms. The summed E-state index contributed by atoms with van der Waals surface area (Å²) in [6.45, 7) is 6.66. The third-order valence-electron chi connectivity index (χ3n) is 3.49. The molecule has 1 aromatic rings. The minimum absolute atomic E-state index is 0.608. The number of benzene rings is 1. The van der Waals surface area contributed by atoms with Gasteiger partial charge in [-0.3, -0.25) is 0 Å². The van der Waals surface area contributed by atoms with Gasteiger partial charge in [-0.25, -0.2) is 0 Å². The first-order valence-electron chi connectivity index (χ1n) is 7.72. The van der Waals surface area contributed by atoms with E-state index in [1.807, 2.05) is 12.1 Å². The topological polar surface area (TPSA) is 24.5 Å². The molecule has 0 bridgehead atoms. The monoisotopic (exact) mass is 278 g/mol. The van der Waals surface area contributed by atoms with Crippen molar-refractivity contribution in [1.82, 2.24) is 5.32 Å². The zero-order valence-corrected chi connectivity index (χ0v) is 13.5. The van der Waals surface area contributed by atoms with Crippen molar-refractivity contribution >= 4 is 5.69 Å². The molecule has 1 N–H and O–H groups in total. The highest BCUT2D eigenvalue weighted by molar-refractivity contribution is 5.48. The molecule has 0 heterocycles. The summed E-state index contributed by atoms with van der Waals surface area (Å²) in [7, 11) is 3.86. The Kier molecular flexibility index (Phi) is 8.12. The van der Waals surface area contributed by atoms with Gasteiger partial charge in [0.1, 0.15) is 5.75 Å². The lowest BCUT2D eigenvalue weighted by Crippen LogP contribution is -2.23. The van der Waals surface area contributed by atoms with Crippen LogP contribution in [0.25, 0.3) is 0 Å². The molecule has 0 saturated carbocycles. The number of unbranched alkanes of at least 4 members (excludes halogenated alkanes) is 3. The maximum atomic E-state index is 5.18. The van der Waals surface area contributed by atoms with Crippen molar-refractivity contribution in [3.63, 3.8) is 0 Å². The van der Waals surface area contributed by atoms with Gasteiger partial charge < -0.3 is 15.0 Å². The van der Waals surface area contributed by atoms with Crippen LogP contribution in [0.2, 0.25) is 0 Å². The van der Waals surface area contributed by atoms with Gasteiger partial charge in [-0.15, -0.1) is 0 Å². The molecule has 0 aliphatic rings. The molecule has 0 amide bonds. The molecule has 0 spiro atoms. The van der Waals surface area contributed by atoms with Crippen LogP contribution in [0.5, 0.6) is 5.75 Å². The van der Waals surface area contributed by atoms with Crippen molar-refractivity contribution in [2.45, 2.75) is 45.6 Å². The number of methoxy groups -OCH3 is 1. The lowest BCUT2D eigenvalue weighted by Gasteiger charge is -2.19. The van der Waals surface area contributed by atoms with Crippen molar-refractivity contribution in [2.75, 3.05) is 32.1 Å². The van der Waals surface area contributed by atoms with Crippen LogP contribution in [-0.4, -0.2) is 33.3 Å². The molecule has 0 aliphatic carbocycles. The Morgan fingerprint density at radius 2 is 1.70 bits per heavy atom. The van der Waals surface area contributed by atoms with Gasteiger partial charge in [0.2, 0.25) is 0 Å². The Morgan fingerprint density at radius 3 is 2.30 bits per heavy atom. The van der Waals surface area contributed by atoms with Gasteiger partial charge in [-0.1, -0.05) is 26.7 Å². The molecule has 0 saturated heterocycles. The average Bonchev–Trinajstić information content (AvgIpc) is 2.45. The van der Waals surface area contributed by atoms with Crippen LogP contribution in [0.3, 0.4) is 0 Å². The van der Waals surface area contributed by atoms with E-state index in [9.17, 15) is 0 Å². The highest BCUT2D eigenvalue weighted by Gasteiger charge is 2.01. The Hall–Kier alpha value is -1.22. The molecule has 0 aliphatic heterocycles. The van der Waals surface area contributed by atoms with Crippen molar-refractivity contribution in [2.24, 2.45) is 0 Å². The quantitative estimate of drug-likeness (QED) is 0.661. The molecule has 0 unspecified atom stereocenters. The molecule has 3 nitrogen and oxygen atoms in total. The summed E-state index contributed by atoms with van der Waals surface area (Å²) in [5.74, 6) is 0.916. The van der Waals surface area contributed by atoms with E-state index >= 15 is 0 Å². The fourth-order valence-electron chi connectivity index (χ4n) is 2.18. The van der Waals surface area contributed by atoms with E-state index in [0.29, 0.717) is 6.04 Å². The van der Waals surface area contributed by atoms with E-state index < -0.39 is 0 Å². The van der Waals surface area contributed by atoms with Crippen LogP contribution in [0.4, 0.5) is 5.69 Å². The zero-order valence-electron chi connectivity index (χ0n) is 13.5. The van der Waals surface area contributed by atoms with Gasteiger partial charge in [0.05, 0.1) is 7.11 Å². The number of hydrogen-bond donors (Lipinski definition) is 1. The predicted octanol–water partition coefficient (Wildman–Crippen LogP) is 3.69. The summed E-state index contributed by atoms with van der Waals surface area (Å²) in [6, 6.07) is 8.88. The van der Waals surface area contributed by atoms with E-state index in [-0.39, 0.29) is 0 Å². The molecule has 114 valence electrons. The summed E-state index contributed by atoms with van der Waals surface area (Å²) >= 11 is 0. The van der Waals surface area contributed by atoms with Crippen LogP contribution in [0.15, 0.2) is 24.3 Å². The van der Waals surface area contributed by atoms with E-state index in [0.717, 1.165) is 18.8 Å². The second-order valence-corrected chi connectivity index (χ2v) is 5.64. The minimum atomic E-state index is 0.608. The molecule has 0 aromatic heterocycles.